The van der Waals surface area contributed by atoms with Crippen molar-refractivity contribution in [3.63, 3.8) is 0 Å². The highest BCUT2D eigenvalue weighted by Crippen LogP contribution is 2.47. The molecule has 4 nitrogen and oxygen atoms in total. The number of fused-ring (bicyclic) bond motifs is 3. The second kappa shape index (κ2) is 5.80. The lowest BCUT2D eigenvalue weighted by atomic mass is 10.0. The lowest BCUT2D eigenvalue weighted by molar-refractivity contribution is -0.114. The van der Waals surface area contributed by atoms with E-state index in [1.807, 2.05) is 6.07 Å². The summed E-state index contributed by atoms with van der Waals surface area (Å²) in [4.78, 5) is 13.9. The van der Waals surface area contributed by atoms with Crippen LogP contribution in [0.4, 0.5) is 5.69 Å². The van der Waals surface area contributed by atoms with Gasteiger partial charge in [-0.25, -0.2) is 0 Å². The van der Waals surface area contributed by atoms with Crippen LogP contribution in [-0.4, -0.2) is 37.1 Å². The van der Waals surface area contributed by atoms with Gasteiger partial charge in [-0.05, 0) is 34.4 Å². The van der Waals surface area contributed by atoms with E-state index >= 15 is 0 Å². The molecule has 1 amide bonds. The van der Waals surface area contributed by atoms with Crippen molar-refractivity contribution in [1.29, 1.82) is 0 Å². The zero-order valence-corrected chi connectivity index (χ0v) is 13.2. The topological polar surface area (TPSA) is 41.6 Å². The van der Waals surface area contributed by atoms with Crippen LogP contribution in [0.5, 0.6) is 0 Å². The largest absolute Gasteiger partial charge is 0.379 e. The van der Waals surface area contributed by atoms with Crippen molar-refractivity contribution in [3.05, 3.63) is 53.6 Å². The number of amides is 1. The van der Waals surface area contributed by atoms with Crippen LogP contribution in [0.25, 0.3) is 11.1 Å². The van der Waals surface area contributed by atoms with Crippen molar-refractivity contribution in [2.75, 3.05) is 31.6 Å². The summed E-state index contributed by atoms with van der Waals surface area (Å²) in [5.74, 6) is -0.0385. The van der Waals surface area contributed by atoms with E-state index in [0.717, 1.165) is 32.0 Å². The van der Waals surface area contributed by atoms with Crippen LogP contribution in [-0.2, 0) is 9.53 Å². The Bertz CT molecular complexity index is 751. The predicted octanol–water partition coefficient (Wildman–Crippen LogP) is 3.05. The molecule has 1 aliphatic heterocycles. The Morgan fingerprint density at radius 1 is 1.09 bits per heavy atom. The third-order valence-electron chi connectivity index (χ3n) is 4.62. The van der Waals surface area contributed by atoms with E-state index < -0.39 is 0 Å². The molecular weight excluding hydrogens is 288 g/mol. The molecule has 118 valence electrons. The second-order valence-corrected chi connectivity index (χ2v) is 6.12. The van der Waals surface area contributed by atoms with Crippen LogP contribution in [0, 0.1) is 0 Å². The Morgan fingerprint density at radius 3 is 2.61 bits per heavy atom. The summed E-state index contributed by atoms with van der Waals surface area (Å²) in [7, 11) is 0. The van der Waals surface area contributed by atoms with Crippen molar-refractivity contribution in [2.24, 2.45) is 0 Å². The molecular formula is C19H20N2O2. The number of carbonyl (C=O) groups is 1. The highest BCUT2D eigenvalue weighted by Gasteiger charge is 2.33. The zero-order valence-electron chi connectivity index (χ0n) is 13.2. The Morgan fingerprint density at radius 2 is 1.83 bits per heavy atom. The number of ether oxygens (including phenoxy) is 1. The summed E-state index contributed by atoms with van der Waals surface area (Å²) in [6.45, 7) is 4.96. The quantitative estimate of drug-likeness (QED) is 0.927. The number of morpholine rings is 1. The summed E-state index contributed by atoms with van der Waals surface area (Å²) in [5.41, 5.74) is 6.06. The highest BCUT2D eigenvalue weighted by atomic mass is 16.5. The summed E-state index contributed by atoms with van der Waals surface area (Å²) in [6.07, 6.45) is 0. The lowest BCUT2D eigenvalue weighted by Crippen LogP contribution is -2.38. The molecule has 1 fully saturated rings. The number of carbonyl (C=O) groups excluding carboxylic acids is 1. The molecule has 2 aromatic rings. The maximum absolute atomic E-state index is 11.4. The van der Waals surface area contributed by atoms with Gasteiger partial charge < -0.3 is 10.1 Å². The van der Waals surface area contributed by atoms with Gasteiger partial charge in [-0.2, -0.15) is 0 Å². The number of hydrogen-bond donors (Lipinski definition) is 1. The monoisotopic (exact) mass is 308 g/mol. The summed E-state index contributed by atoms with van der Waals surface area (Å²) in [6, 6.07) is 15.1. The zero-order chi connectivity index (χ0) is 15.8. The molecule has 0 saturated carbocycles. The van der Waals surface area contributed by atoms with Crippen LogP contribution < -0.4 is 5.32 Å². The van der Waals surface area contributed by atoms with Crippen molar-refractivity contribution in [2.45, 2.75) is 13.0 Å². The number of anilines is 1. The van der Waals surface area contributed by atoms with Gasteiger partial charge in [0.25, 0.3) is 0 Å². The van der Waals surface area contributed by atoms with Gasteiger partial charge in [-0.1, -0.05) is 30.3 Å². The fraction of sp³-hybridized carbons (Fsp3) is 0.316. The summed E-state index contributed by atoms with van der Waals surface area (Å²) >= 11 is 0. The minimum Gasteiger partial charge on any atom is -0.379 e. The van der Waals surface area contributed by atoms with Gasteiger partial charge in [0.1, 0.15) is 0 Å². The molecule has 1 saturated heterocycles. The standard InChI is InChI=1S/C19H20N2O2/c1-13(22)20-14-6-7-16-15-4-2-3-5-17(15)19(18(16)12-14)21-8-10-23-11-9-21/h2-7,12,19H,8-11H2,1H3,(H,20,22). The SMILES string of the molecule is CC(=O)Nc1ccc2c(c1)C(N1CCOCC1)c1ccccc1-2. The van der Waals surface area contributed by atoms with Gasteiger partial charge >= 0.3 is 0 Å². The number of nitrogens with zero attached hydrogens (tertiary/aromatic N) is 1. The van der Waals surface area contributed by atoms with Crippen molar-refractivity contribution in [1.82, 2.24) is 4.90 Å². The lowest BCUT2D eigenvalue weighted by Gasteiger charge is -2.33. The Labute approximate surface area is 136 Å². The molecule has 0 spiro atoms. The molecule has 23 heavy (non-hydrogen) atoms. The van der Waals surface area contributed by atoms with Gasteiger partial charge in [0.2, 0.25) is 5.91 Å². The van der Waals surface area contributed by atoms with E-state index in [1.165, 1.54) is 22.3 Å². The second-order valence-electron chi connectivity index (χ2n) is 6.12. The molecule has 1 heterocycles. The molecule has 0 radical (unpaired) electrons. The van der Waals surface area contributed by atoms with E-state index in [0.29, 0.717) is 0 Å². The number of benzene rings is 2. The molecule has 4 rings (SSSR count). The van der Waals surface area contributed by atoms with Crippen LogP contribution in [0.3, 0.4) is 0 Å². The first kappa shape index (κ1) is 14.4. The van der Waals surface area contributed by atoms with Crippen LogP contribution in [0.15, 0.2) is 42.5 Å². The Hall–Kier alpha value is -2.17. The van der Waals surface area contributed by atoms with Crippen LogP contribution in [0.1, 0.15) is 24.1 Å². The maximum atomic E-state index is 11.4. The van der Waals surface area contributed by atoms with Crippen LogP contribution in [0.2, 0.25) is 0 Å². The molecule has 0 aromatic heterocycles. The number of nitrogens with one attached hydrogen (secondary N) is 1. The van der Waals surface area contributed by atoms with Gasteiger partial charge in [-0.3, -0.25) is 9.69 Å². The van der Waals surface area contributed by atoms with Gasteiger partial charge in [0.05, 0.1) is 19.3 Å². The van der Waals surface area contributed by atoms with Gasteiger partial charge in [0.15, 0.2) is 0 Å². The Balaban J connectivity index is 1.80. The van der Waals surface area contributed by atoms with E-state index in [9.17, 15) is 4.79 Å². The summed E-state index contributed by atoms with van der Waals surface area (Å²) in [5, 5.41) is 2.90. The first-order valence-electron chi connectivity index (χ1n) is 8.06. The van der Waals surface area contributed by atoms with Crippen molar-refractivity contribution >= 4 is 11.6 Å². The van der Waals surface area contributed by atoms with Crippen molar-refractivity contribution in [3.8, 4) is 11.1 Å². The minimum atomic E-state index is -0.0385. The fourth-order valence-electron chi connectivity index (χ4n) is 3.69. The van der Waals surface area contributed by atoms with E-state index in [2.05, 4.69) is 46.6 Å². The summed E-state index contributed by atoms with van der Waals surface area (Å²) < 4.78 is 5.51. The van der Waals surface area contributed by atoms with Crippen LogP contribution >= 0.6 is 0 Å². The first-order valence-corrected chi connectivity index (χ1v) is 8.06. The molecule has 1 N–H and O–H groups in total. The molecule has 2 aliphatic rings. The van der Waals surface area contributed by atoms with Gasteiger partial charge in [-0.15, -0.1) is 0 Å². The molecule has 1 aliphatic carbocycles. The third-order valence-corrected chi connectivity index (χ3v) is 4.62. The Kier molecular flexibility index (Phi) is 3.63. The van der Waals surface area contributed by atoms with E-state index in [-0.39, 0.29) is 11.9 Å². The number of rotatable bonds is 2. The maximum Gasteiger partial charge on any atom is 0.221 e. The molecule has 2 aromatic carbocycles. The normalized spacial score (nSPS) is 20.0. The van der Waals surface area contributed by atoms with E-state index in [4.69, 9.17) is 4.74 Å². The molecule has 1 unspecified atom stereocenters. The average Bonchev–Trinajstić information content (AvgIpc) is 2.88. The molecule has 1 atom stereocenters. The molecule has 0 bridgehead atoms. The van der Waals surface area contributed by atoms with E-state index in [1.54, 1.807) is 6.92 Å². The smallest absolute Gasteiger partial charge is 0.221 e. The molecule has 4 heteroatoms. The third kappa shape index (κ3) is 2.54. The fourth-order valence-corrected chi connectivity index (χ4v) is 3.69. The van der Waals surface area contributed by atoms with Crippen molar-refractivity contribution < 1.29 is 9.53 Å². The highest BCUT2D eigenvalue weighted by molar-refractivity contribution is 5.90. The minimum absolute atomic E-state index is 0.0385. The predicted molar refractivity (Wildman–Crippen MR) is 90.4 cm³/mol. The first-order chi connectivity index (χ1) is 11.2. The number of hydrogen-bond acceptors (Lipinski definition) is 3. The average molecular weight is 308 g/mol. The van der Waals surface area contributed by atoms with Gasteiger partial charge in [0, 0.05) is 25.7 Å².